The van der Waals surface area contributed by atoms with Crippen LogP contribution in [0.25, 0.3) is 0 Å². The summed E-state index contributed by atoms with van der Waals surface area (Å²) in [7, 11) is -5.10. The van der Waals surface area contributed by atoms with Gasteiger partial charge in [0, 0.05) is 6.42 Å². The molecule has 18 heteroatoms. The van der Waals surface area contributed by atoms with Crippen LogP contribution < -0.4 is 0 Å². The lowest BCUT2D eigenvalue weighted by atomic mass is 9.93. The predicted octanol–water partition coefficient (Wildman–Crippen LogP) is 5.29. The van der Waals surface area contributed by atoms with Gasteiger partial charge < -0.3 is 5.11 Å². The van der Waals surface area contributed by atoms with Crippen molar-refractivity contribution < 1.29 is 75.4 Å². The molecule has 0 radical (unpaired) electrons. The molecular weight excluding hydrogens is 523 g/mol. The Balaban J connectivity index is 3.28. The van der Waals surface area contributed by atoms with Gasteiger partial charge in [-0.25, -0.2) is 13.2 Å². The zero-order valence-corrected chi connectivity index (χ0v) is 16.0. The normalized spacial score (nSPS) is 14.9. The Hall–Kier alpha value is -2.27. The number of carbonyl (C=O) groups is 1. The summed E-state index contributed by atoms with van der Waals surface area (Å²) < 4.78 is 193. The number of hydrogen-bond acceptors (Lipinski definition) is 3. The van der Waals surface area contributed by atoms with E-state index in [1.54, 1.807) is 0 Å². The molecule has 0 aromatic heterocycles. The molecular formula is C15H9F13O4S. The fourth-order valence-electron chi connectivity index (χ4n) is 2.14. The first-order chi connectivity index (χ1) is 14.4. The van der Waals surface area contributed by atoms with Crippen LogP contribution in [0.3, 0.4) is 0 Å². The second-order valence-electron chi connectivity index (χ2n) is 6.40. The summed E-state index contributed by atoms with van der Waals surface area (Å²) in [5, 5.41) is 8.64. The van der Waals surface area contributed by atoms with E-state index in [-0.39, 0.29) is 0 Å². The lowest BCUT2D eigenvalue weighted by molar-refractivity contribution is -0.439. The summed E-state index contributed by atoms with van der Waals surface area (Å²) in [6, 6.07) is 2.16. The van der Waals surface area contributed by atoms with Gasteiger partial charge in [-0.1, -0.05) is 0 Å². The fourth-order valence-corrected chi connectivity index (χ4v) is 3.46. The molecule has 1 N–H and O–H groups in total. The van der Waals surface area contributed by atoms with Gasteiger partial charge in [0.2, 0.25) is 0 Å². The van der Waals surface area contributed by atoms with Gasteiger partial charge in [0.05, 0.1) is 16.2 Å². The molecule has 1 rings (SSSR count). The fraction of sp³-hybridized carbons (Fsp3) is 0.533. The number of halogens is 13. The van der Waals surface area contributed by atoms with Gasteiger partial charge in [0.1, 0.15) is 0 Å². The minimum absolute atomic E-state index is 0.474. The number of sulfone groups is 1. The van der Waals surface area contributed by atoms with Crippen LogP contribution in [0.15, 0.2) is 29.2 Å². The van der Waals surface area contributed by atoms with Crippen molar-refractivity contribution in [1.82, 2.24) is 0 Å². The number of carboxylic acids is 1. The van der Waals surface area contributed by atoms with Crippen molar-refractivity contribution in [2.24, 2.45) is 0 Å². The summed E-state index contributed by atoms with van der Waals surface area (Å²) >= 11 is 0. The third-order valence-corrected chi connectivity index (χ3v) is 5.88. The van der Waals surface area contributed by atoms with Gasteiger partial charge in [-0.2, -0.15) is 57.1 Å². The first kappa shape index (κ1) is 28.8. The number of rotatable bonds is 9. The Morgan fingerprint density at radius 2 is 1.09 bits per heavy atom. The summed E-state index contributed by atoms with van der Waals surface area (Å²) in [6.07, 6.45) is -10.5. The van der Waals surface area contributed by atoms with E-state index in [4.69, 9.17) is 5.11 Å². The molecule has 4 nitrogen and oxygen atoms in total. The standard InChI is InChI=1S/C15H9F13O4S/c16-10(17,5-6-33(31,32)8-3-1-7(2-4-8)9(29)30)11(18,19)12(20,21)13(22,23)14(24,25)15(26,27)28/h1-4H,5-6H2,(H,29,30). The van der Waals surface area contributed by atoms with Gasteiger partial charge >= 0.3 is 41.8 Å². The Morgan fingerprint density at radius 1 is 0.697 bits per heavy atom. The second kappa shape index (κ2) is 8.19. The minimum Gasteiger partial charge on any atom is -0.478 e. The van der Waals surface area contributed by atoms with E-state index in [1.165, 1.54) is 0 Å². The van der Waals surface area contributed by atoms with Crippen LogP contribution in [-0.4, -0.2) is 61.0 Å². The molecule has 33 heavy (non-hydrogen) atoms. The molecule has 0 aliphatic rings. The predicted molar refractivity (Wildman–Crippen MR) is 80.9 cm³/mol. The first-order valence-electron chi connectivity index (χ1n) is 7.89. The lowest BCUT2D eigenvalue weighted by Gasteiger charge is -2.39. The topological polar surface area (TPSA) is 71.4 Å². The maximum Gasteiger partial charge on any atom is 0.460 e. The van der Waals surface area contributed by atoms with Crippen LogP contribution in [0.4, 0.5) is 57.1 Å². The highest BCUT2D eigenvalue weighted by Gasteiger charge is 2.90. The molecule has 0 aliphatic carbocycles. The molecule has 0 fully saturated rings. The second-order valence-corrected chi connectivity index (χ2v) is 8.51. The number of carboxylic acid groups (broad SMARTS) is 1. The smallest absolute Gasteiger partial charge is 0.460 e. The van der Waals surface area contributed by atoms with Gasteiger partial charge in [-0.15, -0.1) is 0 Å². The van der Waals surface area contributed by atoms with Crippen molar-refractivity contribution in [3.8, 4) is 0 Å². The van der Waals surface area contributed by atoms with Gasteiger partial charge in [-0.3, -0.25) is 0 Å². The van der Waals surface area contributed by atoms with E-state index >= 15 is 0 Å². The Kier molecular flexibility index (Phi) is 7.14. The zero-order chi connectivity index (χ0) is 26.5. The van der Waals surface area contributed by atoms with E-state index in [9.17, 15) is 70.3 Å². The van der Waals surface area contributed by atoms with Crippen molar-refractivity contribution in [2.75, 3.05) is 5.75 Å². The molecule has 0 atom stereocenters. The van der Waals surface area contributed by atoms with Crippen LogP contribution in [0.2, 0.25) is 0 Å². The van der Waals surface area contributed by atoms with E-state index in [0.717, 1.165) is 0 Å². The Bertz CT molecular complexity index is 982. The molecule has 0 spiro atoms. The van der Waals surface area contributed by atoms with E-state index < -0.39 is 74.2 Å². The number of aromatic carboxylic acids is 1. The third kappa shape index (κ3) is 4.70. The molecule has 0 aliphatic heterocycles. The van der Waals surface area contributed by atoms with E-state index in [2.05, 4.69) is 0 Å². The number of benzene rings is 1. The van der Waals surface area contributed by atoms with Crippen molar-refractivity contribution in [3.05, 3.63) is 29.8 Å². The summed E-state index contributed by atoms with van der Waals surface area (Å²) in [5.41, 5.74) is -0.529. The molecule has 0 saturated heterocycles. The summed E-state index contributed by atoms with van der Waals surface area (Å²) in [6.45, 7) is 0. The largest absolute Gasteiger partial charge is 0.478 e. The molecule has 0 heterocycles. The highest BCUT2D eigenvalue weighted by molar-refractivity contribution is 7.91. The zero-order valence-electron chi connectivity index (χ0n) is 15.2. The molecule has 0 unspecified atom stereocenters. The van der Waals surface area contributed by atoms with Crippen molar-refractivity contribution in [3.63, 3.8) is 0 Å². The average Bonchev–Trinajstić information content (AvgIpc) is 2.65. The number of hydrogen-bond donors (Lipinski definition) is 1. The quantitative estimate of drug-likeness (QED) is 0.439. The molecule has 0 amide bonds. The first-order valence-corrected chi connectivity index (χ1v) is 9.54. The van der Waals surface area contributed by atoms with Crippen molar-refractivity contribution >= 4 is 15.8 Å². The van der Waals surface area contributed by atoms with E-state index in [0.29, 0.717) is 24.3 Å². The minimum atomic E-state index is -8.07. The van der Waals surface area contributed by atoms with Crippen LogP contribution in [0, 0.1) is 0 Å². The lowest BCUT2D eigenvalue weighted by Crippen LogP contribution is -2.70. The van der Waals surface area contributed by atoms with Crippen LogP contribution in [0.1, 0.15) is 16.8 Å². The summed E-state index contributed by atoms with van der Waals surface area (Å²) in [5.74, 6) is -41.8. The molecule has 0 bridgehead atoms. The van der Waals surface area contributed by atoms with Crippen LogP contribution in [-0.2, 0) is 9.84 Å². The van der Waals surface area contributed by atoms with Crippen LogP contribution >= 0.6 is 0 Å². The molecule has 190 valence electrons. The van der Waals surface area contributed by atoms with Crippen LogP contribution in [0.5, 0.6) is 0 Å². The molecule has 1 aromatic rings. The maximum atomic E-state index is 13.7. The highest BCUT2D eigenvalue weighted by Crippen LogP contribution is 2.60. The summed E-state index contributed by atoms with van der Waals surface area (Å²) in [4.78, 5) is 9.64. The average molecular weight is 532 g/mol. The third-order valence-electron chi connectivity index (χ3n) is 4.14. The monoisotopic (exact) mass is 532 g/mol. The molecule has 1 aromatic carbocycles. The van der Waals surface area contributed by atoms with Gasteiger partial charge in [-0.05, 0) is 24.3 Å². The number of alkyl halides is 13. The van der Waals surface area contributed by atoms with Gasteiger partial charge in [0.25, 0.3) is 0 Å². The van der Waals surface area contributed by atoms with Crippen molar-refractivity contribution in [1.29, 1.82) is 0 Å². The van der Waals surface area contributed by atoms with Gasteiger partial charge in [0.15, 0.2) is 9.84 Å². The maximum absolute atomic E-state index is 13.7. The Morgan fingerprint density at radius 3 is 1.45 bits per heavy atom. The molecule has 0 saturated carbocycles. The van der Waals surface area contributed by atoms with Crippen molar-refractivity contribution in [2.45, 2.75) is 47.1 Å². The SMILES string of the molecule is O=C(O)c1ccc(S(=O)(=O)CCC(F)(F)C(F)(F)C(F)(F)C(F)(F)C(F)(F)C(F)(F)F)cc1. The highest BCUT2D eigenvalue weighted by atomic mass is 32.2. The Labute approximate surface area is 174 Å². The van der Waals surface area contributed by atoms with E-state index in [1.807, 2.05) is 0 Å².